The predicted molar refractivity (Wildman–Crippen MR) is 88.8 cm³/mol. The number of carbonyl (C=O) groups excluding carboxylic acids is 1. The minimum atomic E-state index is -3.29. The molecule has 0 aliphatic heterocycles. The first-order chi connectivity index (χ1) is 10.3. The van der Waals surface area contributed by atoms with Crippen LogP contribution in [0.15, 0.2) is 30.3 Å². The van der Waals surface area contributed by atoms with Crippen LogP contribution in [-0.2, 0) is 21.4 Å². The lowest BCUT2D eigenvalue weighted by atomic mass is 10.2. The van der Waals surface area contributed by atoms with E-state index < -0.39 is 10.0 Å². The zero-order valence-corrected chi connectivity index (χ0v) is 14.6. The Kier molecular flexibility index (Phi) is 7.03. The molecule has 0 unspecified atom stereocenters. The van der Waals surface area contributed by atoms with Crippen molar-refractivity contribution in [1.29, 1.82) is 0 Å². The molecule has 0 fully saturated rings. The van der Waals surface area contributed by atoms with E-state index in [1.807, 2.05) is 51.1 Å². The van der Waals surface area contributed by atoms with Gasteiger partial charge in [-0.3, -0.25) is 4.79 Å². The molecule has 22 heavy (non-hydrogen) atoms. The molecule has 1 aromatic carbocycles. The van der Waals surface area contributed by atoms with Gasteiger partial charge in [-0.15, -0.1) is 0 Å². The molecule has 0 saturated heterocycles. The molecule has 1 aromatic rings. The highest BCUT2D eigenvalue weighted by atomic mass is 32.2. The van der Waals surface area contributed by atoms with Crippen molar-refractivity contribution in [3.63, 3.8) is 0 Å². The van der Waals surface area contributed by atoms with Gasteiger partial charge in [-0.05, 0) is 26.3 Å². The van der Waals surface area contributed by atoms with Crippen molar-refractivity contribution in [2.45, 2.75) is 39.8 Å². The number of hydrogen-bond acceptors (Lipinski definition) is 3. The lowest BCUT2D eigenvalue weighted by Crippen LogP contribution is -2.40. The number of sulfonamides is 1. The Labute approximate surface area is 134 Å². The Hall–Kier alpha value is -1.40. The van der Waals surface area contributed by atoms with Crippen molar-refractivity contribution in [2.75, 3.05) is 19.3 Å². The quantitative estimate of drug-likeness (QED) is 0.735. The second kappa shape index (κ2) is 8.29. The zero-order chi connectivity index (χ0) is 16.8. The third kappa shape index (κ3) is 5.77. The standard InChI is InChI=1S/C16H26N2O3S/c1-5-17(13-15-9-7-6-8-10-15)16(19)11-12-18(14(2)3)22(4,20)21/h6-10,14H,5,11-13H2,1-4H3. The van der Waals surface area contributed by atoms with Crippen LogP contribution in [0.5, 0.6) is 0 Å². The van der Waals surface area contributed by atoms with E-state index in [1.54, 1.807) is 4.90 Å². The maximum atomic E-state index is 12.3. The molecule has 0 N–H and O–H groups in total. The molecule has 124 valence electrons. The van der Waals surface area contributed by atoms with Crippen LogP contribution in [0.2, 0.25) is 0 Å². The van der Waals surface area contributed by atoms with Gasteiger partial charge in [-0.25, -0.2) is 8.42 Å². The molecule has 0 saturated carbocycles. The zero-order valence-electron chi connectivity index (χ0n) is 13.8. The van der Waals surface area contributed by atoms with Crippen LogP contribution in [0.3, 0.4) is 0 Å². The maximum Gasteiger partial charge on any atom is 0.224 e. The van der Waals surface area contributed by atoms with Gasteiger partial charge >= 0.3 is 0 Å². The van der Waals surface area contributed by atoms with E-state index in [2.05, 4.69) is 0 Å². The Balaban J connectivity index is 2.65. The fourth-order valence-electron chi connectivity index (χ4n) is 2.35. The van der Waals surface area contributed by atoms with E-state index in [0.29, 0.717) is 13.1 Å². The number of benzene rings is 1. The van der Waals surface area contributed by atoms with Crippen molar-refractivity contribution < 1.29 is 13.2 Å². The highest BCUT2D eigenvalue weighted by molar-refractivity contribution is 7.88. The molecular weight excluding hydrogens is 300 g/mol. The highest BCUT2D eigenvalue weighted by Crippen LogP contribution is 2.09. The van der Waals surface area contributed by atoms with Gasteiger partial charge in [-0.1, -0.05) is 30.3 Å². The Morgan fingerprint density at radius 3 is 2.23 bits per heavy atom. The van der Waals surface area contributed by atoms with Crippen molar-refractivity contribution in [3.8, 4) is 0 Å². The Bertz CT molecular complexity index is 570. The summed E-state index contributed by atoms with van der Waals surface area (Å²) >= 11 is 0. The molecular formula is C16H26N2O3S. The summed E-state index contributed by atoms with van der Waals surface area (Å²) in [6.07, 6.45) is 1.38. The first-order valence-corrected chi connectivity index (χ1v) is 9.39. The van der Waals surface area contributed by atoms with Crippen LogP contribution < -0.4 is 0 Å². The fraction of sp³-hybridized carbons (Fsp3) is 0.562. The van der Waals surface area contributed by atoms with Crippen LogP contribution >= 0.6 is 0 Å². The lowest BCUT2D eigenvalue weighted by molar-refractivity contribution is -0.131. The second-order valence-electron chi connectivity index (χ2n) is 5.61. The number of hydrogen-bond donors (Lipinski definition) is 0. The fourth-order valence-corrected chi connectivity index (χ4v) is 3.54. The molecule has 1 rings (SSSR count). The van der Waals surface area contributed by atoms with E-state index in [-0.39, 0.29) is 24.9 Å². The summed E-state index contributed by atoms with van der Waals surface area (Å²) in [4.78, 5) is 14.1. The third-order valence-electron chi connectivity index (χ3n) is 3.50. The molecule has 0 heterocycles. The van der Waals surface area contributed by atoms with Gasteiger partial charge in [0.05, 0.1) is 6.26 Å². The molecule has 0 bridgehead atoms. The van der Waals surface area contributed by atoms with E-state index in [4.69, 9.17) is 0 Å². The van der Waals surface area contributed by atoms with Gasteiger partial charge in [-0.2, -0.15) is 4.31 Å². The molecule has 0 atom stereocenters. The molecule has 0 aliphatic carbocycles. The second-order valence-corrected chi connectivity index (χ2v) is 7.55. The summed E-state index contributed by atoms with van der Waals surface area (Å²) in [6.45, 7) is 6.93. The average Bonchev–Trinajstić information content (AvgIpc) is 2.44. The van der Waals surface area contributed by atoms with Gasteiger partial charge in [0.15, 0.2) is 0 Å². The molecule has 1 amide bonds. The van der Waals surface area contributed by atoms with Gasteiger partial charge in [0, 0.05) is 32.1 Å². The summed E-state index contributed by atoms with van der Waals surface area (Å²) in [7, 11) is -3.29. The first-order valence-electron chi connectivity index (χ1n) is 7.54. The predicted octanol–water partition coefficient (Wildman–Crippen LogP) is 2.10. The molecule has 6 heteroatoms. The number of nitrogens with zero attached hydrogens (tertiary/aromatic N) is 2. The van der Waals surface area contributed by atoms with Crippen LogP contribution in [0.1, 0.15) is 32.8 Å². The summed E-state index contributed by atoms with van der Waals surface area (Å²) in [6, 6.07) is 9.64. The van der Waals surface area contributed by atoms with Crippen LogP contribution in [0.4, 0.5) is 0 Å². The largest absolute Gasteiger partial charge is 0.339 e. The smallest absolute Gasteiger partial charge is 0.224 e. The highest BCUT2D eigenvalue weighted by Gasteiger charge is 2.22. The number of carbonyl (C=O) groups is 1. The Morgan fingerprint density at radius 2 is 1.77 bits per heavy atom. The molecule has 0 spiro atoms. The summed E-state index contributed by atoms with van der Waals surface area (Å²) in [5.74, 6) is -0.0272. The van der Waals surface area contributed by atoms with E-state index in [0.717, 1.165) is 5.56 Å². The van der Waals surface area contributed by atoms with E-state index >= 15 is 0 Å². The van der Waals surface area contributed by atoms with Crippen LogP contribution in [-0.4, -0.2) is 48.9 Å². The van der Waals surface area contributed by atoms with Crippen molar-refractivity contribution in [3.05, 3.63) is 35.9 Å². The topological polar surface area (TPSA) is 57.7 Å². The Morgan fingerprint density at radius 1 is 1.18 bits per heavy atom. The minimum absolute atomic E-state index is 0.0272. The van der Waals surface area contributed by atoms with Gasteiger partial charge in [0.1, 0.15) is 0 Å². The van der Waals surface area contributed by atoms with Crippen molar-refractivity contribution in [2.24, 2.45) is 0 Å². The van der Waals surface area contributed by atoms with Crippen LogP contribution in [0.25, 0.3) is 0 Å². The molecule has 5 nitrogen and oxygen atoms in total. The third-order valence-corrected chi connectivity index (χ3v) is 4.95. The van der Waals surface area contributed by atoms with Crippen molar-refractivity contribution in [1.82, 2.24) is 9.21 Å². The van der Waals surface area contributed by atoms with Crippen LogP contribution in [0, 0.1) is 0 Å². The van der Waals surface area contributed by atoms with Gasteiger partial charge < -0.3 is 4.90 Å². The molecule has 0 radical (unpaired) electrons. The molecule has 0 aliphatic rings. The summed E-state index contributed by atoms with van der Waals surface area (Å²) in [5, 5.41) is 0. The van der Waals surface area contributed by atoms with Crippen molar-refractivity contribution >= 4 is 15.9 Å². The normalized spacial score (nSPS) is 11.9. The number of rotatable bonds is 8. The minimum Gasteiger partial charge on any atom is -0.339 e. The lowest BCUT2D eigenvalue weighted by Gasteiger charge is -2.26. The average molecular weight is 326 g/mol. The van der Waals surface area contributed by atoms with Gasteiger partial charge in [0.2, 0.25) is 15.9 Å². The first kappa shape index (κ1) is 18.6. The summed E-state index contributed by atoms with van der Waals surface area (Å²) < 4.78 is 24.8. The number of amides is 1. The van der Waals surface area contributed by atoms with Gasteiger partial charge in [0.25, 0.3) is 0 Å². The van der Waals surface area contributed by atoms with E-state index in [1.165, 1.54) is 10.6 Å². The summed E-state index contributed by atoms with van der Waals surface area (Å²) in [5.41, 5.74) is 1.07. The molecule has 0 aromatic heterocycles. The van der Waals surface area contributed by atoms with E-state index in [9.17, 15) is 13.2 Å². The SMILES string of the molecule is CCN(Cc1ccccc1)C(=O)CCN(C(C)C)S(C)(=O)=O. The maximum absolute atomic E-state index is 12.3. The monoisotopic (exact) mass is 326 g/mol.